The third kappa shape index (κ3) is 4.26. The molecule has 0 bridgehead atoms. The lowest BCUT2D eigenvalue weighted by Gasteiger charge is -2.31. The summed E-state index contributed by atoms with van der Waals surface area (Å²) in [6.45, 7) is 5.02. The van der Waals surface area contributed by atoms with E-state index in [0.29, 0.717) is 18.4 Å². The predicted octanol–water partition coefficient (Wildman–Crippen LogP) is 1.81. The molecule has 1 aliphatic heterocycles. The lowest BCUT2D eigenvalue weighted by Crippen LogP contribution is -2.43. The topological polar surface area (TPSA) is 61.8 Å². The maximum absolute atomic E-state index is 9.73. The van der Waals surface area contributed by atoms with Crippen molar-refractivity contribution < 1.29 is 5.11 Å². The second-order valence-corrected chi connectivity index (χ2v) is 5.65. The number of piperidine rings is 1. The summed E-state index contributed by atoms with van der Waals surface area (Å²) in [5.41, 5.74) is 6.03. The molecule has 5 heteroatoms. The van der Waals surface area contributed by atoms with Crippen LogP contribution < -0.4 is 5.73 Å². The Kier molecular flexibility index (Phi) is 6.70. The summed E-state index contributed by atoms with van der Waals surface area (Å²) in [4.78, 5) is 6.67. The Bertz CT molecular complexity index is 285. The number of hydrogen-bond acceptors (Lipinski definition) is 2. The first kappa shape index (κ1) is 16.0. The second kappa shape index (κ2) is 7.53. The highest BCUT2D eigenvalue weighted by Crippen LogP contribution is 2.25. The van der Waals surface area contributed by atoms with Gasteiger partial charge >= 0.3 is 0 Å². The van der Waals surface area contributed by atoms with Crippen LogP contribution >= 0.6 is 24.0 Å². The van der Waals surface area contributed by atoms with Gasteiger partial charge in [0.25, 0.3) is 0 Å². The summed E-state index contributed by atoms with van der Waals surface area (Å²) >= 11 is 0. The molecule has 0 spiro atoms. The Hall–Kier alpha value is -0.0400. The van der Waals surface area contributed by atoms with Crippen LogP contribution in [0.2, 0.25) is 0 Å². The molecule has 1 saturated carbocycles. The van der Waals surface area contributed by atoms with Gasteiger partial charge in [-0.15, -0.1) is 24.0 Å². The van der Waals surface area contributed by atoms with E-state index >= 15 is 0 Å². The van der Waals surface area contributed by atoms with Gasteiger partial charge in [-0.05, 0) is 31.6 Å². The fraction of sp³-hybridized carbons (Fsp3) is 0.923. The molecule has 1 heterocycles. The molecule has 1 aliphatic carbocycles. The van der Waals surface area contributed by atoms with E-state index in [2.05, 4.69) is 16.8 Å². The number of aliphatic hydroxyl groups excluding tert-OH is 1. The molecule has 106 valence electrons. The molecule has 0 aromatic carbocycles. The number of nitrogens with two attached hydrogens (primary N) is 1. The maximum Gasteiger partial charge on any atom is 0.191 e. The fourth-order valence-electron chi connectivity index (χ4n) is 2.94. The van der Waals surface area contributed by atoms with Gasteiger partial charge in [0.05, 0.1) is 6.10 Å². The van der Waals surface area contributed by atoms with Gasteiger partial charge in [-0.1, -0.05) is 13.3 Å². The third-order valence-corrected chi connectivity index (χ3v) is 4.09. The van der Waals surface area contributed by atoms with Crippen molar-refractivity contribution >= 4 is 29.9 Å². The first-order valence-electron chi connectivity index (χ1n) is 6.89. The number of likely N-dealkylation sites (tertiary alicyclic amines) is 1. The summed E-state index contributed by atoms with van der Waals surface area (Å²) in [7, 11) is 0. The summed E-state index contributed by atoms with van der Waals surface area (Å²) in [6, 6.07) is 0. The number of rotatable bonds is 2. The molecule has 3 unspecified atom stereocenters. The van der Waals surface area contributed by atoms with Crippen molar-refractivity contribution in [3.63, 3.8) is 0 Å². The number of guanidine groups is 1. The Morgan fingerprint density at radius 2 is 2.11 bits per heavy atom. The van der Waals surface area contributed by atoms with E-state index in [1.54, 1.807) is 0 Å². The van der Waals surface area contributed by atoms with Gasteiger partial charge in [-0.25, -0.2) is 0 Å². The quantitative estimate of drug-likeness (QED) is 0.445. The zero-order valence-electron chi connectivity index (χ0n) is 11.2. The third-order valence-electron chi connectivity index (χ3n) is 4.09. The highest BCUT2D eigenvalue weighted by molar-refractivity contribution is 14.0. The minimum atomic E-state index is -0.160. The van der Waals surface area contributed by atoms with Crippen molar-refractivity contribution in [2.75, 3.05) is 19.6 Å². The lowest BCUT2D eigenvalue weighted by molar-refractivity contribution is 0.136. The standard InChI is InChI=1S/C13H25N3O.HI/c1-10-4-3-7-16(9-10)13(14)15-8-11-5-2-6-12(11)17;/h10-12,17H,2-9H2,1H3,(H2,14,15);1H. The smallest absolute Gasteiger partial charge is 0.191 e. The molecular weight excluding hydrogens is 341 g/mol. The molecule has 2 fully saturated rings. The van der Waals surface area contributed by atoms with Gasteiger partial charge < -0.3 is 15.7 Å². The first-order valence-corrected chi connectivity index (χ1v) is 6.89. The summed E-state index contributed by atoms with van der Waals surface area (Å²) in [5.74, 6) is 1.72. The van der Waals surface area contributed by atoms with Gasteiger partial charge in [-0.3, -0.25) is 4.99 Å². The van der Waals surface area contributed by atoms with Gasteiger partial charge in [0, 0.05) is 25.6 Å². The van der Waals surface area contributed by atoms with Gasteiger partial charge in [-0.2, -0.15) is 0 Å². The maximum atomic E-state index is 9.73. The van der Waals surface area contributed by atoms with Crippen molar-refractivity contribution in [1.29, 1.82) is 0 Å². The Morgan fingerprint density at radius 1 is 1.33 bits per heavy atom. The monoisotopic (exact) mass is 367 g/mol. The molecule has 0 amide bonds. The zero-order valence-corrected chi connectivity index (χ0v) is 13.5. The Balaban J connectivity index is 0.00000162. The van der Waals surface area contributed by atoms with E-state index in [1.807, 2.05) is 0 Å². The van der Waals surface area contributed by atoms with Crippen molar-refractivity contribution in [3.8, 4) is 0 Å². The van der Waals surface area contributed by atoms with E-state index in [9.17, 15) is 5.11 Å². The van der Waals surface area contributed by atoms with Crippen LogP contribution in [0.15, 0.2) is 4.99 Å². The molecule has 0 radical (unpaired) electrons. The first-order chi connectivity index (χ1) is 8.16. The van der Waals surface area contributed by atoms with Gasteiger partial charge in [0.2, 0.25) is 0 Å². The lowest BCUT2D eigenvalue weighted by atomic mass is 10.0. The largest absolute Gasteiger partial charge is 0.393 e. The summed E-state index contributed by atoms with van der Waals surface area (Å²) in [6.07, 6.45) is 5.50. The Morgan fingerprint density at radius 3 is 2.72 bits per heavy atom. The molecule has 0 aromatic heterocycles. The molecular formula is C13H26IN3O. The highest BCUT2D eigenvalue weighted by Gasteiger charge is 2.25. The van der Waals surface area contributed by atoms with Crippen LogP contribution in [0.5, 0.6) is 0 Å². The van der Waals surface area contributed by atoms with Crippen LogP contribution in [0, 0.1) is 11.8 Å². The van der Waals surface area contributed by atoms with Crippen molar-refractivity contribution in [2.45, 2.75) is 45.1 Å². The molecule has 2 aliphatic rings. The summed E-state index contributed by atoms with van der Waals surface area (Å²) < 4.78 is 0. The van der Waals surface area contributed by atoms with E-state index in [1.165, 1.54) is 12.8 Å². The number of nitrogens with zero attached hydrogens (tertiary/aromatic N) is 2. The highest BCUT2D eigenvalue weighted by atomic mass is 127. The second-order valence-electron chi connectivity index (χ2n) is 5.65. The van der Waals surface area contributed by atoms with Crippen LogP contribution in [0.25, 0.3) is 0 Å². The fourth-order valence-corrected chi connectivity index (χ4v) is 2.94. The number of aliphatic imine (C=N–C) groups is 1. The van der Waals surface area contributed by atoms with Crippen LogP contribution in [0.3, 0.4) is 0 Å². The molecule has 2 rings (SSSR count). The summed E-state index contributed by atoms with van der Waals surface area (Å²) in [5, 5.41) is 9.73. The Labute approximate surface area is 127 Å². The number of hydrogen-bond donors (Lipinski definition) is 2. The van der Waals surface area contributed by atoms with Crippen LogP contribution in [0.4, 0.5) is 0 Å². The van der Waals surface area contributed by atoms with Crippen LogP contribution in [-0.2, 0) is 0 Å². The van der Waals surface area contributed by atoms with E-state index in [4.69, 9.17) is 5.73 Å². The minimum Gasteiger partial charge on any atom is -0.393 e. The molecule has 3 N–H and O–H groups in total. The number of aliphatic hydroxyl groups is 1. The average molecular weight is 367 g/mol. The average Bonchev–Trinajstić information content (AvgIpc) is 2.72. The predicted molar refractivity (Wildman–Crippen MR) is 85.2 cm³/mol. The minimum absolute atomic E-state index is 0. The molecule has 1 saturated heterocycles. The molecule has 0 aromatic rings. The van der Waals surface area contributed by atoms with Crippen LogP contribution in [-0.4, -0.2) is 41.7 Å². The van der Waals surface area contributed by atoms with Crippen molar-refractivity contribution in [1.82, 2.24) is 4.90 Å². The van der Waals surface area contributed by atoms with Crippen molar-refractivity contribution in [3.05, 3.63) is 0 Å². The van der Waals surface area contributed by atoms with Crippen molar-refractivity contribution in [2.24, 2.45) is 22.6 Å². The number of halogens is 1. The van der Waals surface area contributed by atoms with E-state index in [0.717, 1.165) is 38.3 Å². The van der Waals surface area contributed by atoms with E-state index < -0.39 is 0 Å². The molecule has 4 nitrogen and oxygen atoms in total. The normalized spacial score (nSPS) is 33.3. The van der Waals surface area contributed by atoms with Crippen LogP contribution in [0.1, 0.15) is 39.0 Å². The SMILES string of the molecule is CC1CCCN(C(N)=NCC2CCCC2O)C1.I. The van der Waals surface area contributed by atoms with Gasteiger partial charge in [0.15, 0.2) is 5.96 Å². The van der Waals surface area contributed by atoms with Gasteiger partial charge in [0.1, 0.15) is 0 Å². The molecule has 18 heavy (non-hydrogen) atoms. The van der Waals surface area contributed by atoms with E-state index in [-0.39, 0.29) is 30.1 Å². The zero-order chi connectivity index (χ0) is 12.3. The molecule has 3 atom stereocenters.